The average molecular weight is 236 g/mol. The lowest BCUT2D eigenvalue weighted by Gasteiger charge is -2.00. The molecule has 17 heavy (non-hydrogen) atoms. The van der Waals surface area contributed by atoms with Crippen LogP contribution in [-0.2, 0) is 13.1 Å². The summed E-state index contributed by atoms with van der Waals surface area (Å²) in [4.78, 5) is 10.8. The van der Waals surface area contributed by atoms with Crippen LogP contribution in [0.2, 0.25) is 0 Å². The number of furan rings is 1. The molecule has 0 aromatic carbocycles. The van der Waals surface area contributed by atoms with Crippen molar-refractivity contribution in [2.24, 2.45) is 0 Å². The number of nitrogens with zero attached hydrogens (tertiary/aromatic N) is 1. The molecule has 0 bridgehead atoms. The minimum Gasteiger partial charge on any atom is -0.478 e. The SMILES string of the molecule is Cc1cc(CNCc2occc2C(=O)O)on1. The number of carbonyl (C=O) groups is 1. The summed E-state index contributed by atoms with van der Waals surface area (Å²) in [7, 11) is 0. The van der Waals surface area contributed by atoms with Crippen molar-refractivity contribution in [1.82, 2.24) is 10.5 Å². The Morgan fingerprint density at radius 3 is 3.00 bits per heavy atom. The van der Waals surface area contributed by atoms with Crippen molar-refractivity contribution in [2.45, 2.75) is 20.0 Å². The van der Waals surface area contributed by atoms with Crippen LogP contribution in [0.1, 0.15) is 27.6 Å². The van der Waals surface area contributed by atoms with E-state index < -0.39 is 5.97 Å². The lowest BCUT2D eigenvalue weighted by molar-refractivity contribution is 0.0694. The summed E-state index contributed by atoms with van der Waals surface area (Å²) in [5, 5.41) is 15.6. The highest BCUT2D eigenvalue weighted by molar-refractivity contribution is 5.88. The van der Waals surface area contributed by atoms with E-state index in [1.54, 1.807) is 0 Å². The van der Waals surface area contributed by atoms with E-state index in [4.69, 9.17) is 14.0 Å². The van der Waals surface area contributed by atoms with Gasteiger partial charge in [0.15, 0.2) is 5.76 Å². The average Bonchev–Trinajstić information content (AvgIpc) is 2.87. The molecule has 6 heteroatoms. The van der Waals surface area contributed by atoms with Crippen LogP contribution in [0.3, 0.4) is 0 Å². The molecule has 6 nitrogen and oxygen atoms in total. The summed E-state index contributed by atoms with van der Waals surface area (Å²) in [5.74, 6) is 0.103. The smallest absolute Gasteiger partial charge is 0.339 e. The number of carboxylic acid groups (broad SMARTS) is 1. The van der Waals surface area contributed by atoms with Crippen LogP contribution in [-0.4, -0.2) is 16.2 Å². The van der Waals surface area contributed by atoms with Crippen molar-refractivity contribution < 1.29 is 18.8 Å². The van der Waals surface area contributed by atoms with Crippen LogP contribution in [0.5, 0.6) is 0 Å². The summed E-state index contributed by atoms with van der Waals surface area (Å²) in [5.41, 5.74) is 0.984. The van der Waals surface area contributed by atoms with E-state index in [1.165, 1.54) is 12.3 Å². The van der Waals surface area contributed by atoms with Crippen LogP contribution >= 0.6 is 0 Å². The molecule has 0 aliphatic rings. The zero-order valence-electron chi connectivity index (χ0n) is 9.27. The Morgan fingerprint density at radius 2 is 2.35 bits per heavy atom. The fourth-order valence-electron chi connectivity index (χ4n) is 1.47. The molecule has 0 aliphatic heterocycles. The maximum absolute atomic E-state index is 10.8. The number of aromatic carboxylic acids is 1. The Morgan fingerprint density at radius 1 is 1.53 bits per heavy atom. The zero-order chi connectivity index (χ0) is 12.3. The molecule has 0 radical (unpaired) electrons. The monoisotopic (exact) mass is 236 g/mol. The number of hydrogen-bond acceptors (Lipinski definition) is 5. The van der Waals surface area contributed by atoms with E-state index in [2.05, 4.69) is 10.5 Å². The van der Waals surface area contributed by atoms with E-state index in [0.29, 0.717) is 24.6 Å². The second-order valence-electron chi connectivity index (χ2n) is 3.60. The maximum Gasteiger partial charge on any atom is 0.339 e. The molecular weight excluding hydrogens is 224 g/mol. The van der Waals surface area contributed by atoms with Crippen molar-refractivity contribution in [1.29, 1.82) is 0 Å². The van der Waals surface area contributed by atoms with Crippen LogP contribution in [0.4, 0.5) is 0 Å². The van der Waals surface area contributed by atoms with Crippen molar-refractivity contribution in [3.8, 4) is 0 Å². The highest BCUT2D eigenvalue weighted by Gasteiger charge is 2.12. The minimum atomic E-state index is -0.994. The zero-order valence-corrected chi connectivity index (χ0v) is 9.27. The minimum absolute atomic E-state index is 0.172. The lowest BCUT2D eigenvalue weighted by Crippen LogP contribution is -2.13. The molecule has 90 valence electrons. The van der Waals surface area contributed by atoms with Crippen LogP contribution in [0.15, 0.2) is 27.3 Å². The largest absolute Gasteiger partial charge is 0.478 e. The molecule has 0 amide bonds. The fourth-order valence-corrected chi connectivity index (χ4v) is 1.47. The Labute approximate surface area is 97.2 Å². The molecule has 0 aliphatic carbocycles. The number of nitrogens with one attached hydrogen (secondary N) is 1. The molecule has 2 aromatic rings. The number of aryl methyl sites for hydroxylation is 1. The quantitative estimate of drug-likeness (QED) is 0.819. The summed E-state index contributed by atoms with van der Waals surface area (Å²) >= 11 is 0. The van der Waals surface area contributed by atoms with Crippen molar-refractivity contribution in [3.63, 3.8) is 0 Å². The topological polar surface area (TPSA) is 88.5 Å². The van der Waals surface area contributed by atoms with Crippen molar-refractivity contribution in [3.05, 3.63) is 41.2 Å². The third-order valence-corrected chi connectivity index (χ3v) is 2.24. The second kappa shape index (κ2) is 4.84. The normalized spacial score (nSPS) is 10.6. The van der Waals surface area contributed by atoms with Gasteiger partial charge in [-0.05, 0) is 13.0 Å². The summed E-state index contributed by atoms with van der Waals surface area (Å²) in [6.07, 6.45) is 1.36. The van der Waals surface area contributed by atoms with Gasteiger partial charge in [-0.3, -0.25) is 0 Å². The van der Waals surface area contributed by atoms with Crippen LogP contribution in [0, 0.1) is 6.92 Å². The lowest BCUT2D eigenvalue weighted by atomic mass is 10.2. The number of rotatable bonds is 5. The molecule has 2 rings (SSSR count). The number of hydrogen-bond donors (Lipinski definition) is 2. The van der Waals surface area contributed by atoms with Crippen LogP contribution in [0.25, 0.3) is 0 Å². The predicted octanol–water partition coefficient (Wildman–Crippen LogP) is 1.56. The van der Waals surface area contributed by atoms with Gasteiger partial charge in [-0.15, -0.1) is 0 Å². The van der Waals surface area contributed by atoms with Gasteiger partial charge in [0.05, 0.1) is 25.0 Å². The molecule has 0 atom stereocenters. The first-order chi connectivity index (χ1) is 8.16. The first-order valence-electron chi connectivity index (χ1n) is 5.09. The van der Waals surface area contributed by atoms with E-state index in [-0.39, 0.29) is 5.56 Å². The van der Waals surface area contributed by atoms with Gasteiger partial charge in [-0.2, -0.15) is 0 Å². The standard InChI is InChI=1S/C11H12N2O4/c1-7-4-8(17-13-7)5-12-6-10-9(11(14)15)2-3-16-10/h2-4,12H,5-6H2,1H3,(H,14,15). The molecule has 0 spiro atoms. The Kier molecular flexibility index (Phi) is 3.24. The highest BCUT2D eigenvalue weighted by atomic mass is 16.5. The molecule has 2 heterocycles. The number of aromatic nitrogens is 1. The van der Waals surface area contributed by atoms with Crippen molar-refractivity contribution in [2.75, 3.05) is 0 Å². The predicted molar refractivity (Wildman–Crippen MR) is 57.5 cm³/mol. The summed E-state index contributed by atoms with van der Waals surface area (Å²) < 4.78 is 10.1. The summed E-state index contributed by atoms with van der Waals surface area (Å²) in [6, 6.07) is 3.24. The first-order valence-corrected chi connectivity index (χ1v) is 5.09. The Balaban J connectivity index is 1.90. The molecule has 0 unspecified atom stereocenters. The van der Waals surface area contributed by atoms with Gasteiger partial charge in [0.25, 0.3) is 0 Å². The van der Waals surface area contributed by atoms with E-state index in [9.17, 15) is 4.79 Å². The summed E-state index contributed by atoms with van der Waals surface area (Å²) in [6.45, 7) is 2.64. The molecular formula is C11H12N2O4. The van der Waals surface area contributed by atoms with Gasteiger partial charge in [-0.25, -0.2) is 4.79 Å². The molecule has 2 N–H and O–H groups in total. The molecule has 0 saturated carbocycles. The van der Waals surface area contributed by atoms with Gasteiger partial charge in [0.2, 0.25) is 0 Å². The Hall–Kier alpha value is -2.08. The fraction of sp³-hybridized carbons (Fsp3) is 0.273. The van der Waals surface area contributed by atoms with Gasteiger partial charge >= 0.3 is 5.97 Å². The molecule has 0 fully saturated rings. The maximum atomic E-state index is 10.8. The third-order valence-electron chi connectivity index (χ3n) is 2.24. The van der Waals surface area contributed by atoms with E-state index in [1.807, 2.05) is 13.0 Å². The second-order valence-corrected chi connectivity index (χ2v) is 3.60. The number of carboxylic acids is 1. The van der Waals surface area contributed by atoms with E-state index >= 15 is 0 Å². The van der Waals surface area contributed by atoms with Gasteiger partial charge in [0.1, 0.15) is 11.3 Å². The van der Waals surface area contributed by atoms with Gasteiger partial charge in [-0.1, -0.05) is 5.16 Å². The first kappa shape index (κ1) is 11.4. The molecule has 0 saturated heterocycles. The third kappa shape index (κ3) is 2.73. The van der Waals surface area contributed by atoms with E-state index in [0.717, 1.165) is 5.69 Å². The Bertz CT molecular complexity index is 515. The van der Waals surface area contributed by atoms with Gasteiger partial charge < -0.3 is 19.4 Å². The molecule has 2 aromatic heterocycles. The van der Waals surface area contributed by atoms with Gasteiger partial charge in [0, 0.05) is 6.07 Å². The van der Waals surface area contributed by atoms with Crippen LogP contribution < -0.4 is 5.32 Å². The van der Waals surface area contributed by atoms with Crippen molar-refractivity contribution >= 4 is 5.97 Å². The highest BCUT2D eigenvalue weighted by Crippen LogP contribution is 2.10.